The molecule has 0 radical (unpaired) electrons. The number of rotatable bonds is 6. The van der Waals surface area contributed by atoms with Crippen LogP contribution in [0.4, 0.5) is 17.1 Å². The molecule has 7 aromatic carbocycles. The summed E-state index contributed by atoms with van der Waals surface area (Å²) in [6, 6.07) is 61.1. The van der Waals surface area contributed by atoms with Crippen LogP contribution in [0.1, 0.15) is 25.0 Å². The van der Waals surface area contributed by atoms with Crippen molar-refractivity contribution in [3.05, 3.63) is 193 Å². The van der Waals surface area contributed by atoms with E-state index in [4.69, 9.17) is 9.97 Å². The Hall–Kier alpha value is -6.78. The molecule has 0 N–H and O–H groups in total. The lowest BCUT2D eigenvalue weighted by Gasteiger charge is -2.28. The van der Waals surface area contributed by atoms with E-state index < -0.39 is 0 Å². The van der Waals surface area contributed by atoms with Gasteiger partial charge in [-0.25, -0.2) is 0 Å². The van der Waals surface area contributed by atoms with Gasteiger partial charge >= 0.3 is 0 Å². The van der Waals surface area contributed by atoms with Gasteiger partial charge in [0.15, 0.2) is 0 Å². The van der Waals surface area contributed by atoms with Gasteiger partial charge < -0.3 is 9.47 Å². The summed E-state index contributed by atoms with van der Waals surface area (Å²) in [6.45, 7) is 4.69. The van der Waals surface area contributed by atoms with E-state index in [1.807, 2.05) is 18.2 Å². The zero-order chi connectivity index (χ0) is 35.5. The summed E-state index contributed by atoms with van der Waals surface area (Å²) in [6.07, 6.45) is 3.54. The quantitative estimate of drug-likeness (QED) is 0.175. The second kappa shape index (κ2) is 12.2. The van der Waals surface area contributed by atoms with Gasteiger partial charge in [0, 0.05) is 62.5 Å². The van der Waals surface area contributed by atoms with E-state index in [0.717, 1.165) is 45.3 Å². The predicted octanol–water partition coefficient (Wildman–Crippen LogP) is 12.7. The second-order valence-corrected chi connectivity index (χ2v) is 14.3. The summed E-state index contributed by atoms with van der Waals surface area (Å²) in [4.78, 5) is 11.9. The Morgan fingerprint density at radius 3 is 1.79 bits per heavy atom. The van der Waals surface area contributed by atoms with E-state index in [-0.39, 0.29) is 5.41 Å². The summed E-state index contributed by atoms with van der Waals surface area (Å²) in [5, 5.41) is 2.44. The molecule has 0 spiro atoms. The minimum atomic E-state index is -0.121. The van der Waals surface area contributed by atoms with Crippen LogP contribution in [0, 0.1) is 0 Å². The molecule has 252 valence electrons. The van der Waals surface area contributed by atoms with E-state index >= 15 is 0 Å². The molecule has 2 heterocycles. The number of anilines is 3. The van der Waals surface area contributed by atoms with Gasteiger partial charge in [0.25, 0.3) is 0 Å². The van der Waals surface area contributed by atoms with Crippen molar-refractivity contribution < 1.29 is 0 Å². The number of aromatic nitrogens is 3. The molecule has 2 aromatic heterocycles. The fourth-order valence-electron chi connectivity index (χ4n) is 8.36. The molecule has 0 bridgehead atoms. The van der Waals surface area contributed by atoms with Crippen LogP contribution in [0.2, 0.25) is 0 Å². The van der Waals surface area contributed by atoms with Crippen molar-refractivity contribution in [2.75, 3.05) is 4.90 Å². The lowest BCUT2D eigenvalue weighted by molar-refractivity contribution is 0.660. The van der Waals surface area contributed by atoms with E-state index in [2.05, 4.69) is 175 Å². The highest BCUT2D eigenvalue weighted by Gasteiger charge is 2.35. The number of hydrogen-bond acceptors (Lipinski definition) is 3. The first-order valence-electron chi connectivity index (χ1n) is 18.2. The molecule has 0 saturated heterocycles. The van der Waals surface area contributed by atoms with Crippen molar-refractivity contribution in [2.45, 2.75) is 19.3 Å². The highest BCUT2D eigenvalue weighted by atomic mass is 15.1. The van der Waals surface area contributed by atoms with Crippen molar-refractivity contribution in [2.24, 2.45) is 0 Å². The van der Waals surface area contributed by atoms with Crippen LogP contribution in [-0.4, -0.2) is 14.5 Å². The van der Waals surface area contributed by atoms with Gasteiger partial charge in [-0.2, -0.15) is 0 Å². The summed E-state index contributed by atoms with van der Waals surface area (Å²) in [5.74, 6) is 0. The zero-order valence-electron chi connectivity index (χ0n) is 29.6. The first-order valence-corrected chi connectivity index (χ1v) is 18.2. The molecule has 0 atom stereocenters. The Kier molecular flexibility index (Phi) is 7.12. The van der Waals surface area contributed by atoms with Crippen LogP contribution in [0.3, 0.4) is 0 Å². The molecule has 0 saturated carbocycles. The van der Waals surface area contributed by atoms with E-state index in [0.29, 0.717) is 0 Å². The molecule has 1 aliphatic rings. The molecule has 4 heteroatoms. The Balaban J connectivity index is 1.15. The number of para-hydroxylation sites is 2. The first-order chi connectivity index (χ1) is 26.1. The average Bonchev–Trinajstić information content (AvgIpc) is 3.67. The Morgan fingerprint density at radius 2 is 1.02 bits per heavy atom. The molecular weight excluding hydrogens is 645 g/mol. The van der Waals surface area contributed by atoms with Crippen LogP contribution < -0.4 is 4.90 Å². The fourth-order valence-corrected chi connectivity index (χ4v) is 8.36. The molecule has 1 aliphatic carbocycles. The molecule has 10 rings (SSSR count). The SMILES string of the molecule is CC1(C)c2ccccc2-c2ccc(N(c3ccc(-c4nccnc4-c4ccccc4)cc3)c3ccc4c(c3)c3ccccc3n4-c3ccccc3)cc21. The van der Waals surface area contributed by atoms with Crippen LogP contribution >= 0.6 is 0 Å². The van der Waals surface area contributed by atoms with Gasteiger partial charge in [-0.05, 0) is 82.9 Å². The van der Waals surface area contributed by atoms with Gasteiger partial charge in [-0.3, -0.25) is 9.97 Å². The fraction of sp³-hybridized carbons (Fsp3) is 0.0612. The average molecular weight is 681 g/mol. The topological polar surface area (TPSA) is 34.0 Å². The van der Waals surface area contributed by atoms with E-state index in [1.54, 1.807) is 12.4 Å². The van der Waals surface area contributed by atoms with Crippen molar-refractivity contribution >= 4 is 38.9 Å². The largest absolute Gasteiger partial charge is 0.310 e. The molecule has 53 heavy (non-hydrogen) atoms. The third-order valence-electron chi connectivity index (χ3n) is 10.9. The molecule has 0 unspecified atom stereocenters. The van der Waals surface area contributed by atoms with Crippen molar-refractivity contribution in [3.8, 4) is 39.3 Å². The molecule has 9 aromatic rings. The molecule has 0 fully saturated rings. The number of fused-ring (bicyclic) bond motifs is 6. The third-order valence-corrected chi connectivity index (χ3v) is 10.9. The smallest absolute Gasteiger partial charge is 0.0965 e. The van der Waals surface area contributed by atoms with Crippen LogP contribution in [0.15, 0.2) is 182 Å². The summed E-state index contributed by atoms with van der Waals surface area (Å²) >= 11 is 0. The van der Waals surface area contributed by atoms with Crippen molar-refractivity contribution in [3.63, 3.8) is 0 Å². The Bertz CT molecular complexity index is 2800. The van der Waals surface area contributed by atoms with Crippen molar-refractivity contribution in [1.82, 2.24) is 14.5 Å². The first kappa shape index (κ1) is 31.0. The zero-order valence-corrected chi connectivity index (χ0v) is 29.6. The lowest BCUT2D eigenvalue weighted by Crippen LogP contribution is -2.16. The van der Waals surface area contributed by atoms with E-state index in [1.165, 1.54) is 44.1 Å². The molecule has 4 nitrogen and oxygen atoms in total. The third kappa shape index (κ3) is 4.98. The number of nitrogens with zero attached hydrogens (tertiary/aromatic N) is 4. The minimum absolute atomic E-state index is 0.121. The van der Waals surface area contributed by atoms with Gasteiger partial charge in [0.1, 0.15) is 0 Å². The minimum Gasteiger partial charge on any atom is -0.310 e. The summed E-state index contributed by atoms with van der Waals surface area (Å²) in [5.41, 5.74) is 15.8. The standard InChI is InChI=1S/C49H36N4/c1-49(2)43-19-11-9-17-39(43)40-27-25-38(32-44(40)49)52(36-23-21-34(22-24-36)48-47(50-29-30-51-48)33-13-5-3-6-14-33)37-26-28-46-42(31-37)41-18-10-12-20-45(41)53(46)35-15-7-4-8-16-35/h3-32H,1-2H3. The maximum absolute atomic E-state index is 4.80. The highest BCUT2D eigenvalue weighted by molar-refractivity contribution is 6.10. The van der Waals surface area contributed by atoms with Crippen molar-refractivity contribution in [1.29, 1.82) is 0 Å². The van der Waals surface area contributed by atoms with Crippen LogP contribution in [0.25, 0.3) is 61.1 Å². The molecule has 0 aliphatic heterocycles. The Labute approximate surface area is 309 Å². The highest BCUT2D eigenvalue weighted by Crippen LogP contribution is 2.51. The number of benzene rings is 7. The molecular formula is C49H36N4. The van der Waals surface area contributed by atoms with Gasteiger partial charge in [-0.1, -0.05) is 123 Å². The van der Waals surface area contributed by atoms with E-state index in [9.17, 15) is 0 Å². The second-order valence-electron chi connectivity index (χ2n) is 14.3. The molecule has 0 amide bonds. The maximum Gasteiger partial charge on any atom is 0.0965 e. The lowest BCUT2D eigenvalue weighted by atomic mass is 9.82. The Morgan fingerprint density at radius 1 is 0.453 bits per heavy atom. The monoisotopic (exact) mass is 680 g/mol. The predicted molar refractivity (Wildman–Crippen MR) is 219 cm³/mol. The summed E-state index contributed by atoms with van der Waals surface area (Å²) in [7, 11) is 0. The van der Waals surface area contributed by atoms with Gasteiger partial charge in [0.05, 0.1) is 22.4 Å². The maximum atomic E-state index is 4.80. The van der Waals surface area contributed by atoms with Gasteiger partial charge in [-0.15, -0.1) is 0 Å². The van der Waals surface area contributed by atoms with Crippen LogP contribution in [0.5, 0.6) is 0 Å². The number of hydrogen-bond donors (Lipinski definition) is 0. The normalized spacial score (nSPS) is 12.9. The summed E-state index contributed by atoms with van der Waals surface area (Å²) < 4.78 is 2.37. The van der Waals surface area contributed by atoms with Gasteiger partial charge in [0.2, 0.25) is 0 Å². The van der Waals surface area contributed by atoms with Crippen LogP contribution in [-0.2, 0) is 5.41 Å².